The Morgan fingerprint density at radius 1 is 1.07 bits per heavy atom. The van der Waals surface area contributed by atoms with Crippen LogP contribution in [0.15, 0.2) is 42.6 Å². The summed E-state index contributed by atoms with van der Waals surface area (Å²) in [4.78, 5) is 4.36. The van der Waals surface area contributed by atoms with Crippen LogP contribution in [0.4, 0.5) is 0 Å². The number of hydrogen-bond acceptors (Lipinski definition) is 2. The largest absolute Gasteiger partial charge is 0.494 e. The number of hydrogen-bond donors (Lipinski definition) is 0. The highest BCUT2D eigenvalue weighted by Gasteiger charge is 2.07. The fraction of sp³-hybridized carbons (Fsp3) is 0.154. The highest BCUT2D eigenvalue weighted by molar-refractivity contribution is 5.69. The van der Waals surface area contributed by atoms with Crippen LogP contribution in [-0.2, 0) is 0 Å². The molecular weight excluding hydrogens is 186 g/mol. The second kappa shape index (κ2) is 4.13. The zero-order valence-electron chi connectivity index (χ0n) is 8.90. The van der Waals surface area contributed by atoms with Crippen molar-refractivity contribution in [1.29, 1.82) is 0 Å². The van der Waals surface area contributed by atoms with Gasteiger partial charge < -0.3 is 4.74 Å². The molecule has 0 radical (unpaired) electrons. The van der Waals surface area contributed by atoms with E-state index in [1.54, 1.807) is 13.3 Å². The predicted octanol–water partition coefficient (Wildman–Crippen LogP) is 3.07. The van der Waals surface area contributed by atoms with E-state index in [1.165, 1.54) is 5.56 Å². The number of methoxy groups -OCH3 is 1. The summed E-state index contributed by atoms with van der Waals surface area (Å²) in [5, 5.41) is 0. The van der Waals surface area contributed by atoms with Crippen LogP contribution in [0.2, 0.25) is 0 Å². The van der Waals surface area contributed by atoms with Crippen molar-refractivity contribution in [1.82, 2.24) is 4.98 Å². The second-order valence-corrected chi connectivity index (χ2v) is 3.37. The monoisotopic (exact) mass is 199 g/mol. The highest BCUT2D eigenvalue weighted by atomic mass is 16.5. The van der Waals surface area contributed by atoms with E-state index < -0.39 is 0 Å². The summed E-state index contributed by atoms with van der Waals surface area (Å²) in [5.74, 6) is 0.812. The van der Waals surface area contributed by atoms with E-state index in [2.05, 4.69) is 24.0 Å². The van der Waals surface area contributed by atoms with Gasteiger partial charge in [0, 0.05) is 11.8 Å². The van der Waals surface area contributed by atoms with E-state index in [-0.39, 0.29) is 0 Å². The van der Waals surface area contributed by atoms with Crippen molar-refractivity contribution in [3.63, 3.8) is 0 Å². The summed E-state index contributed by atoms with van der Waals surface area (Å²) in [6, 6.07) is 12.0. The van der Waals surface area contributed by atoms with E-state index in [4.69, 9.17) is 4.74 Å². The van der Waals surface area contributed by atoms with Gasteiger partial charge in [-0.25, -0.2) is 0 Å². The van der Waals surface area contributed by atoms with Crippen LogP contribution < -0.4 is 4.74 Å². The van der Waals surface area contributed by atoms with Crippen molar-refractivity contribution in [3.05, 3.63) is 48.2 Å². The van der Waals surface area contributed by atoms with Crippen molar-refractivity contribution >= 4 is 0 Å². The molecule has 0 aliphatic heterocycles. The number of nitrogens with zero attached hydrogens (tertiary/aromatic N) is 1. The number of benzene rings is 1. The molecule has 0 amide bonds. The third-order valence-corrected chi connectivity index (χ3v) is 2.39. The lowest BCUT2D eigenvalue weighted by molar-refractivity contribution is 0.415. The molecule has 1 aromatic carbocycles. The molecule has 0 fully saturated rings. The van der Waals surface area contributed by atoms with Crippen molar-refractivity contribution in [2.45, 2.75) is 6.92 Å². The first-order valence-electron chi connectivity index (χ1n) is 4.88. The van der Waals surface area contributed by atoms with Crippen LogP contribution in [0.25, 0.3) is 11.3 Å². The Bertz CT molecular complexity index is 466. The van der Waals surface area contributed by atoms with Gasteiger partial charge in [-0.2, -0.15) is 0 Å². The van der Waals surface area contributed by atoms with E-state index in [1.807, 2.05) is 24.3 Å². The summed E-state index contributed by atoms with van der Waals surface area (Å²) >= 11 is 0. The predicted molar refractivity (Wildman–Crippen MR) is 61.0 cm³/mol. The molecule has 15 heavy (non-hydrogen) atoms. The van der Waals surface area contributed by atoms with Gasteiger partial charge in [0.15, 0.2) is 0 Å². The van der Waals surface area contributed by atoms with Crippen molar-refractivity contribution in [3.8, 4) is 17.0 Å². The average Bonchev–Trinajstić information content (AvgIpc) is 2.30. The molecule has 1 aromatic heterocycles. The van der Waals surface area contributed by atoms with Gasteiger partial charge in [-0.05, 0) is 24.6 Å². The van der Waals surface area contributed by atoms with Gasteiger partial charge in [0.2, 0.25) is 0 Å². The molecule has 0 atom stereocenters. The maximum atomic E-state index is 5.29. The maximum Gasteiger partial charge on any atom is 0.145 e. The smallest absolute Gasteiger partial charge is 0.145 e. The van der Waals surface area contributed by atoms with Gasteiger partial charge in [-0.15, -0.1) is 0 Å². The normalized spacial score (nSPS) is 10.0. The minimum atomic E-state index is 0.812. The molecule has 76 valence electrons. The van der Waals surface area contributed by atoms with Crippen molar-refractivity contribution in [2.75, 3.05) is 7.11 Å². The molecule has 2 heteroatoms. The Morgan fingerprint density at radius 3 is 2.60 bits per heavy atom. The Balaban J connectivity index is 2.59. The standard InChI is InChI=1S/C13H13NO/c1-10-6-3-4-7-11(10)13-12(15-2)8-5-9-14-13/h3-9H,1-2H3. The maximum absolute atomic E-state index is 5.29. The average molecular weight is 199 g/mol. The molecule has 2 rings (SSSR count). The molecule has 2 aromatic rings. The number of ether oxygens (including phenoxy) is 1. The Hall–Kier alpha value is -1.83. The molecule has 0 N–H and O–H groups in total. The molecule has 0 spiro atoms. The zero-order chi connectivity index (χ0) is 10.7. The van der Waals surface area contributed by atoms with Gasteiger partial charge >= 0.3 is 0 Å². The zero-order valence-corrected chi connectivity index (χ0v) is 8.90. The molecule has 2 nitrogen and oxygen atoms in total. The molecule has 1 heterocycles. The minimum Gasteiger partial charge on any atom is -0.494 e. The third kappa shape index (κ3) is 1.84. The molecular formula is C13H13NO. The van der Waals surface area contributed by atoms with Crippen molar-refractivity contribution in [2.24, 2.45) is 0 Å². The third-order valence-electron chi connectivity index (χ3n) is 2.39. The van der Waals surface area contributed by atoms with E-state index >= 15 is 0 Å². The lowest BCUT2D eigenvalue weighted by Gasteiger charge is -2.08. The van der Waals surface area contributed by atoms with Gasteiger partial charge in [0.25, 0.3) is 0 Å². The number of aryl methyl sites for hydroxylation is 1. The fourth-order valence-corrected chi connectivity index (χ4v) is 1.60. The lowest BCUT2D eigenvalue weighted by Crippen LogP contribution is -1.92. The molecule has 0 unspecified atom stereocenters. The number of pyridine rings is 1. The number of aromatic nitrogens is 1. The van der Waals surface area contributed by atoms with Crippen LogP contribution in [-0.4, -0.2) is 12.1 Å². The summed E-state index contributed by atoms with van der Waals surface area (Å²) in [5.41, 5.74) is 3.22. The Kier molecular flexibility index (Phi) is 2.68. The molecule has 0 saturated carbocycles. The summed E-state index contributed by atoms with van der Waals surface area (Å²) in [6.45, 7) is 2.07. The first-order chi connectivity index (χ1) is 7.33. The molecule has 0 aliphatic carbocycles. The van der Waals surface area contributed by atoms with Crippen LogP contribution >= 0.6 is 0 Å². The number of rotatable bonds is 2. The quantitative estimate of drug-likeness (QED) is 0.741. The van der Waals surface area contributed by atoms with Crippen LogP contribution in [0.1, 0.15) is 5.56 Å². The van der Waals surface area contributed by atoms with Crippen LogP contribution in [0.5, 0.6) is 5.75 Å². The van der Waals surface area contributed by atoms with Gasteiger partial charge in [-0.1, -0.05) is 24.3 Å². The van der Waals surface area contributed by atoms with E-state index in [0.29, 0.717) is 0 Å². The van der Waals surface area contributed by atoms with Crippen LogP contribution in [0.3, 0.4) is 0 Å². The van der Waals surface area contributed by atoms with Gasteiger partial charge in [-0.3, -0.25) is 4.98 Å². The van der Waals surface area contributed by atoms with E-state index in [0.717, 1.165) is 17.0 Å². The minimum absolute atomic E-state index is 0.812. The van der Waals surface area contributed by atoms with Crippen molar-refractivity contribution < 1.29 is 4.74 Å². The summed E-state index contributed by atoms with van der Waals surface area (Å²) < 4.78 is 5.29. The van der Waals surface area contributed by atoms with Crippen LogP contribution in [0, 0.1) is 6.92 Å². The van der Waals surface area contributed by atoms with E-state index in [9.17, 15) is 0 Å². The summed E-state index contributed by atoms with van der Waals surface area (Å²) in [7, 11) is 1.67. The Labute approximate surface area is 89.6 Å². The SMILES string of the molecule is COc1cccnc1-c1ccccc1C. The second-order valence-electron chi connectivity index (χ2n) is 3.37. The fourth-order valence-electron chi connectivity index (χ4n) is 1.60. The first-order valence-corrected chi connectivity index (χ1v) is 4.88. The Morgan fingerprint density at radius 2 is 1.87 bits per heavy atom. The lowest BCUT2D eigenvalue weighted by atomic mass is 10.0. The van der Waals surface area contributed by atoms with Gasteiger partial charge in [0.1, 0.15) is 11.4 Å². The topological polar surface area (TPSA) is 22.1 Å². The molecule has 0 aliphatic rings. The summed E-state index contributed by atoms with van der Waals surface area (Å²) in [6.07, 6.45) is 1.78. The first kappa shape index (κ1) is 9.71. The molecule has 0 saturated heterocycles. The highest BCUT2D eigenvalue weighted by Crippen LogP contribution is 2.29. The molecule has 0 bridgehead atoms. The van der Waals surface area contributed by atoms with Gasteiger partial charge in [0.05, 0.1) is 7.11 Å².